The minimum atomic E-state index is -1.25. The topological polar surface area (TPSA) is 135 Å². The third kappa shape index (κ3) is 8.17. The van der Waals surface area contributed by atoms with Crippen molar-refractivity contribution in [3.63, 3.8) is 0 Å². The summed E-state index contributed by atoms with van der Waals surface area (Å²) in [5.41, 5.74) is 0.418. The maximum Gasteiger partial charge on any atom is 0.371 e. The normalized spacial score (nSPS) is 16.7. The highest BCUT2D eigenvalue weighted by Crippen LogP contribution is 2.26. The van der Waals surface area contributed by atoms with Crippen LogP contribution in [0.4, 0.5) is 0 Å². The number of hydrogen-bond acceptors (Lipinski definition) is 8. The number of fused-ring (bicyclic) bond motifs is 1. The zero-order valence-corrected chi connectivity index (χ0v) is 22.7. The van der Waals surface area contributed by atoms with E-state index in [9.17, 15) is 24.3 Å². The summed E-state index contributed by atoms with van der Waals surface area (Å²) >= 11 is 0. The molecule has 1 aromatic heterocycles. The molecule has 2 atom stereocenters. The summed E-state index contributed by atoms with van der Waals surface area (Å²) in [6.07, 6.45) is -0.0383. The van der Waals surface area contributed by atoms with Gasteiger partial charge in [0, 0.05) is 6.54 Å². The van der Waals surface area contributed by atoms with Gasteiger partial charge in [-0.1, -0.05) is 24.3 Å². The fourth-order valence-electron chi connectivity index (χ4n) is 4.16. The molecular formula is C28H36N2O8. The van der Waals surface area contributed by atoms with E-state index in [4.69, 9.17) is 13.9 Å². The Hall–Kier alpha value is -3.66. The van der Waals surface area contributed by atoms with Gasteiger partial charge in [-0.25, -0.2) is 9.59 Å². The largest absolute Gasteiger partial charge is 0.475 e. The highest BCUT2D eigenvalue weighted by molar-refractivity contribution is 5.90. The molecule has 1 amide bonds. The lowest BCUT2D eigenvalue weighted by Gasteiger charge is -2.36. The Morgan fingerprint density at radius 2 is 1.63 bits per heavy atom. The number of hydrogen-bond donors (Lipinski definition) is 2. The molecule has 0 aliphatic carbocycles. The van der Waals surface area contributed by atoms with Crippen molar-refractivity contribution in [1.82, 2.24) is 10.2 Å². The van der Waals surface area contributed by atoms with Crippen LogP contribution >= 0.6 is 0 Å². The summed E-state index contributed by atoms with van der Waals surface area (Å²) in [5.74, 6) is -2.84. The third-order valence-electron chi connectivity index (χ3n) is 5.68. The fraction of sp³-hybridized carbons (Fsp3) is 0.500. The van der Waals surface area contributed by atoms with Gasteiger partial charge >= 0.3 is 17.9 Å². The highest BCUT2D eigenvalue weighted by atomic mass is 16.6. The van der Waals surface area contributed by atoms with Gasteiger partial charge in [0.25, 0.3) is 0 Å². The van der Waals surface area contributed by atoms with Crippen LogP contribution in [-0.2, 0) is 43.4 Å². The van der Waals surface area contributed by atoms with Crippen LogP contribution < -0.4 is 5.32 Å². The molecule has 1 aliphatic rings. The number of nitrogens with zero attached hydrogens (tertiary/aromatic N) is 1. The van der Waals surface area contributed by atoms with Gasteiger partial charge in [0.05, 0.1) is 19.0 Å². The van der Waals surface area contributed by atoms with Crippen molar-refractivity contribution in [3.8, 4) is 0 Å². The molecule has 0 bridgehead atoms. The average Bonchev–Trinajstić information content (AvgIpc) is 3.24. The van der Waals surface area contributed by atoms with E-state index in [1.807, 2.05) is 29.2 Å². The number of aromatic carboxylic acids is 1. The van der Waals surface area contributed by atoms with E-state index in [-0.39, 0.29) is 18.7 Å². The lowest BCUT2D eigenvalue weighted by atomic mass is 9.93. The average molecular weight is 529 g/mol. The van der Waals surface area contributed by atoms with Crippen LogP contribution in [0.2, 0.25) is 0 Å². The van der Waals surface area contributed by atoms with Crippen molar-refractivity contribution >= 4 is 23.8 Å². The van der Waals surface area contributed by atoms with E-state index in [0.29, 0.717) is 18.7 Å². The van der Waals surface area contributed by atoms with Gasteiger partial charge in [0.15, 0.2) is 0 Å². The summed E-state index contributed by atoms with van der Waals surface area (Å²) in [4.78, 5) is 52.3. The second-order valence-corrected chi connectivity index (χ2v) is 11.3. The van der Waals surface area contributed by atoms with Crippen LogP contribution in [0.15, 0.2) is 40.8 Å². The number of esters is 2. The lowest BCUT2D eigenvalue weighted by Crippen LogP contribution is -2.54. The van der Waals surface area contributed by atoms with Crippen LogP contribution in [0.1, 0.15) is 75.4 Å². The molecule has 0 radical (unpaired) electrons. The minimum absolute atomic E-state index is 0.170. The van der Waals surface area contributed by atoms with E-state index < -0.39 is 47.1 Å². The van der Waals surface area contributed by atoms with Gasteiger partial charge in [-0.05, 0) is 71.2 Å². The zero-order chi connectivity index (χ0) is 28.3. The molecule has 38 heavy (non-hydrogen) atoms. The first kappa shape index (κ1) is 28.9. The SMILES string of the molecule is CC(C)(C)OC(=O)C[C@H](NC(=O)C1Cc2ccccc2CN1Cc1ccc(C(=O)O)o1)C(=O)OC(C)(C)C. The standard InChI is InChI=1S/C28H36N2O8/c1-27(2,3)37-23(31)14-20(26(35)38-28(4,5)6)29-24(32)21-13-17-9-7-8-10-18(17)15-30(21)16-19-11-12-22(36-19)25(33)34/h7-12,20-21H,13-16H2,1-6H3,(H,29,32)(H,33,34)/t20-,21?/m0/s1. The van der Waals surface area contributed by atoms with Gasteiger partial charge in [-0.2, -0.15) is 0 Å². The predicted octanol–water partition coefficient (Wildman–Crippen LogP) is 3.46. The second kappa shape index (κ2) is 11.4. The molecule has 1 aromatic carbocycles. The predicted molar refractivity (Wildman–Crippen MR) is 137 cm³/mol. The van der Waals surface area contributed by atoms with Crippen LogP contribution in [-0.4, -0.2) is 57.1 Å². The van der Waals surface area contributed by atoms with Gasteiger partial charge in [-0.3, -0.25) is 14.5 Å². The van der Waals surface area contributed by atoms with Crippen LogP contribution in [0.3, 0.4) is 0 Å². The Balaban J connectivity index is 1.85. The number of carboxylic acids is 1. The molecule has 206 valence electrons. The van der Waals surface area contributed by atoms with Crippen molar-refractivity contribution < 1.29 is 38.2 Å². The molecule has 3 rings (SSSR count). The van der Waals surface area contributed by atoms with Gasteiger partial charge in [0.2, 0.25) is 11.7 Å². The lowest BCUT2D eigenvalue weighted by molar-refractivity contribution is -0.165. The van der Waals surface area contributed by atoms with Gasteiger partial charge in [-0.15, -0.1) is 0 Å². The Labute approximate surface area is 222 Å². The number of nitrogens with one attached hydrogen (secondary N) is 1. The smallest absolute Gasteiger partial charge is 0.371 e. The van der Waals surface area contributed by atoms with E-state index in [1.54, 1.807) is 47.6 Å². The first-order valence-electron chi connectivity index (χ1n) is 12.5. The highest BCUT2D eigenvalue weighted by Gasteiger charge is 2.36. The van der Waals surface area contributed by atoms with Crippen molar-refractivity contribution in [3.05, 3.63) is 59.0 Å². The van der Waals surface area contributed by atoms with Crippen LogP contribution in [0.25, 0.3) is 0 Å². The maximum atomic E-state index is 13.6. The fourth-order valence-corrected chi connectivity index (χ4v) is 4.16. The summed E-state index contributed by atoms with van der Waals surface area (Å²) < 4.78 is 16.3. The quantitative estimate of drug-likeness (QED) is 0.494. The molecule has 0 spiro atoms. The first-order valence-corrected chi connectivity index (χ1v) is 12.5. The molecule has 10 heteroatoms. The molecule has 1 unspecified atom stereocenters. The molecule has 0 fully saturated rings. The Morgan fingerprint density at radius 1 is 1.00 bits per heavy atom. The van der Waals surface area contributed by atoms with Crippen molar-refractivity contribution in [1.29, 1.82) is 0 Å². The molecule has 0 saturated heterocycles. The van der Waals surface area contributed by atoms with Crippen molar-refractivity contribution in [2.45, 2.75) is 90.8 Å². The number of rotatable bonds is 8. The Morgan fingerprint density at radius 3 is 2.21 bits per heavy atom. The Bertz CT molecular complexity index is 1190. The van der Waals surface area contributed by atoms with Crippen LogP contribution in [0.5, 0.6) is 0 Å². The number of amides is 1. The van der Waals surface area contributed by atoms with Crippen LogP contribution in [0, 0.1) is 0 Å². The summed E-state index contributed by atoms with van der Waals surface area (Å²) in [7, 11) is 0. The number of carbonyl (C=O) groups excluding carboxylic acids is 3. The minimum Gasteiger partial charge on any atom is -0.475 e. The van der Waals surface area contributed by atoms with E-state index in [2.05, 4.69) is 5.32 Å². The Kier molecular flexibility index (Phi) is 8.66. The van der Waals surface area contributed by atoms with E-state index in [0.717, 1.165) is 11.1 Å². The van der Waals surface area contributed by atoms with Crippen molar-refractivity contribution in [2.24, 2.45) is 0 Å². The molecule has 2 aromatic rings. The number of carboxylic acid groups (broad SMARTS) is 1. The second-order valence-electron chi connectivity index (χ2n) is 11.3. The molecule has 0 saturated carbocycles. The molecule has 1 aliphatic heterocycles. The monoisotopic (exact) mass is 528 g/mol. The van der Waals surface area contributed by atoms with Gasteiger partial charge < -0.3 is 24.3 Å². The van der Waals surface area contributed by atoms with E-state index in [1.165, 1.54) is 6.07 Å². The summed E-state index contributed by atoms with van der Waals surface area (Å²) in [6.45, 7) is 10.8. The molecule has 2 N–H and O–H groups in total. The number of ether oxygens (including phenoxy) is 2. The number of carbonyl (C=O) groups is 4. The summed E-state index contributed by atoms with van der Waals surface area (Å²) in [5, 5.41) is 11.9. The van der Waals surface area contributed by atoms with Gasteiger partial charge in [0.1, 0.15) is 23.0 Å². The molecule has 10 nitrogen and oxygen atoms in total. The zero-order valence-electron chi connectivity index (χ0n) is 22.7. The number of furan rings is 1. The number of benzene rings is 1. The van der Waals surface area contributed by atoms with E-state index >= 15 is 0 Å². The first-order chi connectivity index (χ1) is 17.6. The summed E-state index contributed by atoms with van der Waals surface area (Å²) in [6, 6.07) is 8.66. The molecule has 2 heterocycles. The molecular weight excluding hydrogens is 492 g/mol. The van der Waals surface area contributed by atoms with Crippen molar-refractivity contribution in [2.75, 3.05) is 0 Å². The maximum absolute atomic E-state index is 13.6. The third-order valence-corrected chi connectivity index (χ3v) is 5.68.